The van der Waals surface area contributed by atoms with E-state index in [1.807, 2.05) is 0 Å². The Morgan fingerprint density at radius 3 is 2.81 bits per heavy atom. The van der Waals surface area contributed by atoms with Gasteiger partial charge in [-0.05, 0) is 24.3 Å². The van der Waals surface area contributed by atoms with Crippen molar-refractivity contribution in [3.05, 3.63) is 53.2 Å². The van der Waals surface area contributed by atoms with Gasteiger partial charge in [0.25, 0.3) is 0 Å². The van der Waals surface area contributed by atoms with E-state index in [-0.39, 0.29) is 22.0 Å². The number of rotatable bonds is 5. The quantitative estimate of drug-likeness (QED) is 0.675. The van der Waals surface area contributed by atoms with Gasteiger partial charge < -0.3 is 14.3 Å². The number of hydrogen-bond donors (Lipinski definition) is 1. The molecule has 0 unspecified atom stereocenters. The van der Waals surface area contributed by atoms with Crippen molar-refractivity contribution in [2.45, 2.75) is 10.6 Å². The zero-order valence-corrected chi connectivity index (χ0v) is 11.8. The third-order valence-electron chi connectivity index (χ3n) is 2.68. The minimum absolute atomic E-state index is 0.000662. The van der Waals surface area contributed by atoms with Gasteiger partial charge in [0.1, 0.15) is 5.82 Å². The lowest BCUT2D eigenvalue weighted by Crippen LogP contribution is -2.02. The number of furan rings is 1. The summed E-state index contributed by atoms with van der Waals surface area (Å²) in [6.07, 6.45) is 1.34. The summed E-state index contributed by atoms with van der Waals surface area (Å²) in [7, 11) is 1.23. The highest BCUT2D eigenvalue weighted by Gasteiger charge is 2.17. The van der Waals surface area contributed by atoms with Crippen molar-refractivity contribution in [1.82, 2.24) is 0 Å². The van der Waals surface area contributed by atoms with Gasteiger partial charge in [0, 0.05) is 16.2 Å². The number of carboxylic acid groups (broad SMARTS) is 1. The number of aromatic carboxylic acids is 1. The summed E-state index contributed by atoms with van der Waals surface area (Å²) in [5.74, 6) is -1.96. The van der Waals surface area contributed by atoms with Gasteiger partial charge in [-0.25, -0.2) is 14.0 Å². The number of carbonyl (C=O) groups is 2. The summed E-state index contributed by atoms with van der Waals surface area (Å²) in [5.41, 5.74) is 0.547. The van der Waals surface area contributed by atoms with Crippen molar-refractivity contribution in [3.63, 3.8) is 0 Å². The van der Waals surface area contributed by atoms with Crippen molar-refractivity contribution in [2.24, 2.45) is 0 Å². The molecule has 0 radical (unpaired) electrons. The molecule has 1 aromatic heterocycles. The molecule has 0 aliphatic carbocycles. The van der Waals surface area contributed by atoms with Gasteiger partial charge in [0.2, 0.25) is 5.76 Å². The Morgan fingerprint density at radius 2 is 2.14 bits per heavy atom. The van der Waals surface area contributed by atoms with Crippen LogP contribution in [0.15, 0.2) is 39.8 Å². The van der Waals surface area contributed by atoms with Crippen LogP contribution in [-0.4, -0.2) is 24.2 Å². The summed E-state index contributed by atoms with van der Waals surface area (Å²) < 4.78 is 23.2. The van der Waals surface area contributed by atoms with Gasteiger partial charge >= 0.3 is 11.9 Å². The zero-order chi connectivity index (χ0) is 15.4. The Bertz CT molecular complexity index is 680. The Hall–Kier alpha value is -2.28. The van der Waals surface area contributed by atoms with Crippen LogP contribution in [0.4, 0.5) is 4.39 Å². The first-order valence-electron chi connectivity index (χ1n) is 5.83. The molecule has 5 nitrogen and oxygen atoms in total. The molecular weight excluding hydrogens is 299 g/mol. The van der Waals surface area contributed by atoms with Gasteiger partial charge in [-0.15, -0.1) is 11.8 Å². The molecular formula is C14H11FO5S. The molecule has 0 aliphatic heterocycles. The fourth-order valence-corrected chi connectivity index (χ4v) is 2.58. The highest BCUT2D eigenvalue weighted by atomic mass is 32.2. The molecule has 21 heavy (non-hydrogen) atoms. The molecule has 0 fully saturated rings. The van der Waals surface area contributed by atoms with E-state index in [0.717, 1.165) is 17.8 Å². The summed E-state index contributed by atoms with van der Waals surface area (Å²) in [6.45, 7) is 0. The lowest BCUT2D eigenvalue weighted by molar-refractivity contribution is 0.0563. The minimum Gasteiger partial charge on any atom is -0.478 e. The molecule has 0 saturated heterocycles. The summed E-state index contributed by atoms with van der Waals surface area (Å²) in [5, 5.41) is 8.89. The largest absolute Gasteiger partial charge is 0.478 e. The topological polar surface area (TPSA) is 76.7 Å². The second-order valence-electron chi connectivity index (χ2n) is 4.01. The lowest BCUT2D eigenvalue weighted by atomic mass is 10.2. The van der Waals surface area contributed by atoms with Gasteiger partial charge in [0.15, 0.2) is 0 Å². The molecule has 1 aromatic carbocycles. The molecule has 110 valence electrons. The monoisotopic (exact) mass is 310 g/mol. The summed E-state index contributed by atoms with van der Waals surface area (Å²) in [6, 6.07) is 5.13. The third kappa shape index (κ3) is 3.43. The van der Waals surface area contributed by atoms with Crippen LogP contribution in [0.1, 0.15) is 26.5 Å². The van der Waals surface area contributed by atoms with E-state index in [1.165, 1.54) is 25.5 Å². The van der Waals surface area contributed by atoms with Gasteiger partial charge in [-0.3, -0.25) is 0 Å². The van der Waals surface area contributed by atoms with E-state index in [2.05, 4.69) is 4.74 Å². The molecule has 0 saturated carbocycles. The number of hydrogen-bond acceptors (Lipinski definition) is 5. The standard InChI is InChI=1S/C14H11FO5S/c1-19-14(18)12-9(4-5-20-12)7-21-11-6-8(13(16)17)2-3-10(11)15/h2-6H,7H2,1H3,(H,16,17). The predicted octanol–water partition coefficient (Wildman–Crippen LogP) is 3.20. The number of carboxylic acids is 1. The number of ether oxygens (including phenoxy) is 1. The highest BCUT2D eigenvalue weighted by Crippen LogP contribution is 2.28. The number of carbonyl (C=O) groups excluding carboxylic acids is 1. The highest BCUT2D eigenvalue weighted by molar-refractivity contribution is 7.98. The second-order valence-corrected chi connectivity index (χ2v) is 5.02. The molecule has 0 bridgehead atoms. The minimum atomic E-state index is -1.13. The van der Waals surface area contributed by atoms with Crippen LogP contribution in [0.25, 0.3) is 0 Å². The normalized spacial score (nSPS) is 10.4. The Balaban J connectivity index is 2.17. The number of thioether (sulfide) groups is 1. The number of benzene rings is 1. The van der Waals surface area contributed by atoms with Crippen LogP contribution in [-0.2, 0) is 10.5 Å². The van der Waals surface area contributed by atoms with Gasteiger partial charge in [-0.2, -0.15) is 0 Å². The fraction of sp³-hybridized carbons (Fsp3) is 0.143. The van der Waals surface area contributed by atoms with Gasteiger partial charge in [-0.1, -0.05) is 0 Å². The van der Waals surface area contributed by atoms with Crippen molar-refractivity contribution in [3.8, 4) is 0 Å². The van der Waals surface area contributed by atoms with Crippen LogP contribution in [0.2, 0.25) is 0 Å². The fourth-order valence-electron chi connectivity index (χ4n) is 1.62. The van der Waals surface area contributed by atoms with E-state index in [4.69, 9.17) is 9.52 Å². The van der Waals surface area contributed by atoms with E-state index < -0.39 is 17.8 Å². The van der Waals surface area contributed by atoms with Crippen molar-refractivity contribution < 1.29 is 28.2 Å². The van der Waals surface area contributed by atoms with Crippen LogP contribution in [0.5, 0.6) is 0 Å². The zero-order valence-electron chi connectivity index (χ0n) is 11.0. The van der Waals surface area contributed by atoms with Crippen molar-refractivity contribution in [2.75, 3.05) is 7.11 Å². The maximum Gasteiger partial charge on any atom is 0.374 e. The van der Waals surface area contributed by atoms with E-state index in [1.54, 1.807) is 6.07 Å². The van der Waals surface area contributed by atoms with Crippen molar-refractivity contribution >= 4 is 23.7 Å². The van der Waals surface area contributed by atoms with Gasteiger partial charge in [0.05, 0.1) is 18.9 Å². The molecule has 2 rings (SSSR count). The van der Waals surface area contributed by atoms with Crippen LogP contribution >= 0.6 is 11.8 Å². The SMILES string of the molecule is COC(=O)c1occc1CSc1cc(C(=O)O)ccc1F. The average Bonchev–Trinajstić information content (AvgIpc) is 2.93. The smallest absolute Gasteiger partial charge is 0.374 e. The first kappa shape index (κ1) is 15.1. The molecule has 1 heterocycles. The average molecular weight is 310 g/mol. The second kappa shape index (κ2) is 6.45. The molecule has 7 heteroatoms. The summed E-state index contributed by atoms with van der Waals surface area (Å²) in [4.78, 5) is 22.5. The molecule has 0 atom stereocenters. The first-order valence-corrected chi connectivity index (χ1v) is 6.82. The third-order valence-corrected chi connectivity index (χ3v) is 3.76. The number of methoxy groups -OCH3 is 1. The predicted molar refractivity (Wildman–Crippen MR) is 73.0 cm³/mol. The molecule has 0 amide bonds. The Morgan fingerprint density at radius 1 is 1.38 bits per heavy atom. The van der Waals surface area contributed by atoms with Crippen LogP contribution < -0.4 is 0 Å². The van der Waals surface area contributed by atoms with E-state index in [9.17, 15) is 14.0 Å². The van der Waals surface area contributed by atoms with E-state index >= 15 is 0 Å². The molecule has 2 aromatic rings. The Labute approximate surface area is 123 Å². The number of halogens is 1. The maximum absolute atomic E-state index is 13.7. The first-order chi connectivity index (χ1) is 10.0. The molecule has 0 aliphatic rings. The summed E-state index contributed by atoms with van der Waals surface area (Å²) >= 11 is 1.07. The Kier molecular flexibility index (Phi) is 4.64. The maximum atomic E-state index is 13.7. The number of esters is 1. The van der Waals surface area contributed by atoms with Crippen LogP contribution in [0, 0.1) is 5.82 Å². The molecule has 1 N–H and O–H groups in total. The van der Waals surface area contributed by atoms with Crippen molar-refractivity contribution in [1.29, 1.82) is 0 Å². The molecule has 0 spiro atoms. The van der Waals surface area contributed by atoms with E-state index in [0.29, 0.717) is 5.56 Å². The van der Waals surface area contributed by atoms with Crippen LogP contribution in [0.3, 0.4) is 0 Å². The lowest BCUT2D eigenvalue weighted by Gasteiger charge is -2.04.